The van der Waals surface area contributed by atoms with Gasteiger partial charge in [-0.25, -0.2) is 0 Å². The van der Waals surface area contributed by atoms with Gasteiger partial charge in [0.25, 0.3) is 0 Å². The SMILES string of the molecule is CC(C)[15NH][C@H](CSc1ccccc1)Cc1ccccc1. The molecule has 1 atom stereocenters. The summed E-state index contributed by atoms with van der Waals surface area (Å²) in [7, 11) is 0. The van der Waals surface area contributed by atoms with Gasteiger partial charge in [0.1, 0.15) is 0 Å². The highest BCUT2D eigenvalue weighted by Gasteiger charge is 2.11. The zero-order valence-electron chi connectivity index (χ0n) is 12.3. The second-order valence-corrected chi connectivity index (χ2v) is 6.43. The molecule has 0 aliphatic rings. The molecule has 0 aliphatic carbocycles. The monoisotopic (exact) mass is 286 g/mol. The first-order valence-electron chi connectivity index (χ1n) is 7.22. The summed E-state index contributed by atoms with van der Waals surface area (Å²) in [4.78, 5) is 1.34. The Kier molecular flexibility index (Phi) is 6.16. The summed E-state index contributed by atoms with van der Waals surface area (Å²) in [6.07, 6.45) is 1.08. The molecule has 0 saturated carbocycles. The maximum Gasteiger partial charge on any atom is 0.0204 e. The molecule has 2 aromatic carbocycles. The van der Waals surface area contributed by atoms with E-state index in [2.05, 4.69) is 79.8 Å². The Morgan fingerprint density at radius 1 is 0.900 bits per heavy atom. The van der Waals surface area contributed by atoms with Crippen molar-refractivity contribution in [3.05, 3.63) is 66.2 Å². The summed E-state index contributed by atoms with van der Waals surface area (Å²) >= 11 is 1.93. The Labute approximate surface area is 126 Å². The normalized spacial score (nSPS) is 12.6. The molecule has 106 valence electrons. The maximum atomic E-state index is 3.68. The van der Waals surface area contributed by atoms with Crippen LogP contribution in [0, 0.1) is 0 Å². The molecule has 0 radical (unpaired) electrons. The highest BCUT2D eigenvalue weighted by molar-refractivity contribution is 7.99. The molecule has 0 aliphatic heterocycles. The van der Waals surface area contributed by atoms with Crippen molar-refractivity contribution in [3.8, 4) is 0 Å². The van der Waals surface area contributed by atoms with E-state index in [-0.39, 0.29) is 0 Å². The molecule has 0 amide bonds. The van der Waals surface area contributed by atoms with Crippen LogP contribution in [-0.4, -0.2) is 17.8 Å². The predicted molar refractivity (Wildman–Crippen MR) is 89.4 cm³/mol. The molecule has 0 heterocycles. The molecule has 0 aromatic heterocycles. The first-order valence-corrected chi connectivity index (χ1v) is 8.20. The van der Waals surface area contributed by atoms with Crippen LogP contribution in [0.3, 0.4) is 0 Å². The van der Waals surface area contributed by atoms with Crippen LogP contribution in [-0.2, 0) is 6.42 Å². The molecule has 2 rings (SSSR count). The van der Waals surface area contributed by atoms with Gasteiger partial charge in [0, 0.05) is 22.7 Å². The molecule has 2 heteroatoms. The Balaban J connectivity index is 1.93. The standard InChI is InChI=1S/C18H23NS/c1-15(2)19-17(13-16-9-5-3-6-10-16)14-20-18-11-7-4-8-12-18/h3-12,15,17,19H,13-14H2,1-2H3/t17-/m0/s1/i19+1. The topological polar surface area (TPSA) is 12.0 Å². The number of nitrogens with one attached hydrogen (secondary N) is 1. The second kappa shape index (κ2) is 8.13. The Morgan fingerprint density at radius 2 is 1.50 bits per heavy atom. The average molecular weight is 286 g/mol. The van der Waals surface area contributed by atoms with Gasteiger partial charge in [-0.1, -0.05) is 62.4 Å². The molecule has 0 bridgehead atoms. The third-order valence-corrected chi connectivity index (χ3v) is 4.26. The van der Waals surface area contributed by atoms with E-state index in [1.165, 1.54) is 10.5 Å². The number of benzene rings is 2. The van der Waals surface area contributed by atoms with Crippen LogP contribution in [0.2, 0.25) is 0 Å². The third kappa shape index (κ3) is 5.40. The van der Waals surface area contributed by atoms with Crippen molar-refractivity contribution < 1.29 is 0 Å². The van der Waals surface area contributed by atoms with Crippen molar-refractivity contribution in [2.75, 3.05) is 5.75 Å². The molecule has 20 heavy (non-hydrogen) atoms. The van der Waals surface area contributed by atoms with Gasteiger partial charge in [-0.15, -0.1) is 11.8 Å². The van der Waals surface area contributed by atoms with Gasteiger partial charge in [-0.05, 0) is 24.1 Å². The van der Waals surface area contributed by atoms with Crippen LogP contribution in [0.15, 0.2) is 65.6 Å². The van der Waals surface area contributed by atoms with Gasteiger partial charge in [0.15, 0.2) is 0 Å². The van der Waals surface area contributed by atoms with E-state index in [9.17, 15) is 0 Å². The lowest BCUT2D eigenvalue weighted by Crippen LogP contribution is -2.38. The molecule has 1 nitrogen and oxygen atoms in total. The number of rotatable bonds is 7. The summed E-state index contributed by atoms with van der Waals surface area (Å²) in [5.41, 5.74) is 1.40. The molecule has 2 aromatic rings. The Morgan fingerprint density at radius 3 is 2.10 bits per heavy atom. The lowest BCUT2D eigenvalue weighted by molar-refractivity contribution is 0.493. The van der Waals surface area contributed by atoms with Crippen LogP contribution >= 0.6 is 11.8 Å². The number of hydrogen-bond acceptors (Lipinski definition) is 2. The van der Waals surface area contributed by atoms with Gasteiger partial charge in [-0.3, -0.25) is 0 Å². The molecule has 1 N–H and O–H groups in total. The van der Waals surface area contributed by atoms with E-state index < -0.39 is 0 Å². The van der Waals surface area contributed by atoms with Gasteiger partial charge in [0.05, 0.1) is 0 Å². The smallest absolute Gasteiger partial charge is 0.0204 e. The molecular formula is C18H23NS. The van der Waals surface area contributed by atoms with Crippen LogP contribution < -0.4 is 5.32 Å². The number of thioether (sulfide) groups is 1. The quantitative estimate of drug-likeness (QED) is 0.598. The third-order valence-electron chi connectivity index (χ3n) is 3.09. The minimum absolute atomic E-state index is 0.502. The van der Waals surface area contributed by atoms with Gasteiger partial charge >= 0.3 is 0 Å². The highest BCUT2D eigenvalue weighted by atomic mass is 32.2. The van der Waals surface area contributed by atoms with Gasteiger partial charge in [0.2, 0.25) is 0 Å². The minimum Gasteiger partial charge on any atom is -0.311 e. The maximum absolute atomic E-state index is 3.68. The lowest BCUT2D eigenvalue weighted by atomic mass is 10.1. The summed E-state index contributed by atoms with van der Waals surface area (Å²) in [6, 6.07) is 22.4. The fraction of sp³-hybridized carbons (Fsp3) is 0.333. The average Bonchev–Trinajstić information content (AvgIpc) is 2.46. The predicted octanol–water partition coefficient (Wildman–Crippen LogP) is 4.39. The van der Waals surface area contributed by atoms with Crippen molar-refractivity contribution >= 4 is 11.8 Å². The van der Waals surface area contributed by atoms with Crippen molar-refractivity contribution in [2.24, 2.45) is 0 Å². The van der Waals surface area contributed by atoms with E-state index in [1.54, 1.807) is 0 Å². The summed E-state index contributed by atoms with van der Waals surface area (Å²) in [5.74, 6) is 1.09. The van der Waals surface area contributed by atoms with Crippen LogP contribution in [0.25, 0.3) is 0 Å². The fourth-order valence-corrected chi connectivity index (χ4v) is 3.21. The second-order valence-electron chi connectivity index (χ2n) is 5.33. The lowest BCUT2D eigenvalue weighted by Gasteiger charge is -2.21. The molecule has 0 unspecified atom stereocenters. The van der Waals surface area contributed by atoms with Gasteiger partial charge < -0.3 is 5.32 Å². The van der Waals surface area contributed by atoms with E-state index >= 15 is 0 Å². The zero-order valence-corrected chi connectivity index (χ0v) is 13.1. The van der Waals surface area contributed by atoms with Crippen molar-refractivity contribution in [2.45, 2.75) is 37.2 Å². The molecule has 0 saturated heterocycles. The van der Waals surface area contributed by atoms with Crippen molar-refractivity contribution in [3.63, 3.8) is 0 Å². The van der Waals surface area contributed by atoms with Crippen LogP contribution in [0.5, 0.6) is 0 Å². The first-order chi connectivity index (χ1) is 9.74. The largest absolute Gasteiger partial charge is 0.311 e. The highest BCUT2D eigenvalue weighted by Crippen LogP contribution is 2.19. The Hall–Kier alpha value is -1.25. The minimum atomic E-state index is 0.502. The van der Waals surface area contributed by atoms with E-state index in [4.69, 9.17) is 0 Å². The van der Waals surface area contributed by atoms with E-state index in [0.29, 0.717) is 12.1 Å². The van der Waals surface area contributed by atoms with E-state index in [1.807, 2.05) is 11.8 Å². The van der Waals surface area contributed by atoms with E-state index in [0.717, 1.165) is 12.2 Å². The van der Waals surface area contributed by atoms with Crippen molar-refractivity contribution in [1.29, 1.82) is 0 Å². The molecular weight excluding hydrogens is 263 g/mol. The van der Waals surface area contributed by atoms with Gasteiger partial charge in [-0.2, -0.15) is 0 Å². The van der Waals surface area contributed by atoms with Crippen LogP contribution in [0.4, 0.5) is 0 Å². The zero-order chi connectivity index (χ0) is 14.2. The summed E-state index contributed by atoms with van der Waals surface area (Å²) in [6.45, 7) is 4.43. The summed E-state index contributed by atoms with van der Waals surface area (Å²) < 4.78 is 0. The fourth-order valence-electron chi connectivity index (χ4n) is 2.25. The first kappa shape index (κ1) is 15.1. The molecule has 0 fully saturated rings. The summed E-state index contributed by atoms with van der Waals surface area (Å²) in [5, 5.41) is 3.68. The molecule has 0 spiro atoms. The Bertz CT molecular complexity index is 481. The van der Waals surface area contributed by atoms with Crippen molar-refractivity contribution in [1.82, 2.24) is 5.32 Å². The number of hydrogen-bond donors (Lipinski definition) is 1. The van der Waals surface area contributed by atoms with Crippen LogP contribution in [0.1, 0.15) is 19.4 Å².